The zero-order valence-electron chi connectivity index (χ0n) is 18.0. The highest BCUT2D eigenvalue weighted by Gasteiger charge is 2.38. The molecule has 1 fully saturated rings. The Morgan fingerprint density at radius 1 is 1.30 bits per heavy atom. The number of nitrogens with two attached hydrogens (primary N) is 1. The quantitative estimate of drug-likeness (QED) is 0.592. The van der Waals surface area contributed by atoms with Crippen molar-refractivity contribution in [3.05, 3.63) is 62.5 Å². The lowest BCUT2D eigenvalue weighted by Crippen LogP contribution is -2.38. The number of halogens is 2. The van der Waals surface area contributed by atoms with Gasteiger partial charge in [-0.05, 0) is 50.7 Å². The lowest BCUT2D eigenvalue weighted by atomic mass is 9.77. The Morgan fingerprint density at radius 2 is 2.06 bits per heavy atom. The van der Waals surface area contributed by atoms with Gasteiger partial charge in [0.15, 0.2) is 10.8 Å². The zero-order valence-corrected chi connectivity index (χ0v) is 19.6. The first kappa shape index (κ1) is 23.4. The second kappa shape index (κ2) is 10.0. The maximum atomic E-state index is 13.8. The predicted molar refractivity (Wildman–Crippen MR) is 124 cm³/mol. The first-order valence-corrected chi connectivity index (χ1v) is 12.0. The number of carbonyl (C=O) groups excluding carboxylic acids is 2. The van der Waals surface area contributed by atoms with Crippen molar-refractivity contribution in [3.63, 3.8) is 0 Å². The van der Waals surface area contributed by atoms with Crippen LogP contribution in [-0.4, -0.2) is 29.3 Å². The third-order valence-electron chi connectivity index (χ3n) is 6.00. The van der Waals surface area contributed by atoms with Crippen LogP contribution in [0.2, 0.25) is 5.02 Å². The van der Waals surface area contributed by atoms with E-state index >= 15 is 0 Å². The summed E-state index contributed by atoms with van der Waals surface area (Å²) in [5.74, 6) is -0.989. The predicted octanol–water partition coefficient (Wildman–Crippen LogP) is 4.14. The van der Waals surface area contributed by atoms with Crippen LogP contribution in [0.4, 0.5) is 4.39 Å². The SMILES string of the molecule is CCOC(=O)C1=C(C2CCC(C(N)=O)CC2)NC(c2nccs2)=NC1c1ccc(F)cc1Cl. The first-order chi connectivity index (χ1) is 15.9. The van der Waals surface area contributed by atoms with Gasteiger partial charge in [0.25, 0.3) is 0 Å². The number of amides is 1. The van der Waals surface area contributed by atoms with Crippen molar-refractivity contribution in [2.45, 2.75) is 38.6 Å². The third kappa shape index (κ3) is 4.94. The Kier molecular flexibility index (Phi) is 7.09. The van der Waals surface area contributed by atoms with Crippen LogP contribution in [0.15, 0.2) is 46.0 Å². The van der Waals surface area contributed by atoms with Gasteiger partial charge in [0, 0.05) is 33.8 Å². The Balaban J connectivity index is 1.82. The van der Waals surface area contributed by atoms with Crippen LogP contribution in [0.1, 0.15) is 49.2 Å². The van der Waals surface area contributed by atoms with Crippen LogP contribution in [-0.2, 0) is 14.3 Å². The van der Waals surface area contributed by atoms with Crippen LogP contribution >= 0.6 is 22.9 Å². The summed E-state index contributed by atoms with van der Waals surface area (Å²) in [5, 5.41) is 5.99. The summed E-state index contributed by atoms with van der Waals surface area (Å²) >= 11 is 7.81. The van der Waals surface area contributed by atoms with E-state index in [1.807, 2.05) is 5.38 Å². The molecule has 0 bridgehead atoms. The molecule has 1 aromatic carbocycles. The van der Waals surface area contributed by atoms with Crippen molar-refractivity contribution in [2.75, 3.05) is 6.61 Å². The number of allylic oxidation sites excluding steroid dienone is 1. The molecule has 1 aliphatic carbocycles. The summed E-state index contributed by atoms with van der Waals surface area (Å²) < 4.78 is 19.2. The molecule has 1 aliphatic heterocycles. The molecule has 1 amide bonds. The van der Waals surface area contributed by atoms with Gasteiger partial charge in [0.1, 0.15) is 11.9 Å². The molecule has 1 aromatic heterocycles. The monoisotopic (exact) mass is 490 g/mol. The second-order valence-corrected chi connectivity index (χ2v) is 9.31. The average molecular weight is 491 g/mol. The number of aromatic nitrogens is 1. The minimum atomic E-state index is -0.791. The van der Waals surface area contributed by atoms with Crippen LogP contribution in [0, 0.1) is 17.7 Å². The second-order valence-electron chi connectivity index (χ2n) is 8.01. The Morgan fingerprint density at radius 3 is 2.67 bits per heavy atom. The maximum absolute atomic E-state index is 13.8. The summed E-state index contributed by atoms with van der Waals surface area (Å²) in [4.78, 5) is 34.0. The highest BCUT2D eigenvalue weighted by Crippen LogP contribution is 2.41. The van der Waals surface area contributed by atoms with Gasteiger partial charge in [0.2, 0.25) is 5.91 Å². The average Bonchev–Trinajstić information content (AvgIpc) is 3.33. The Hall–Kier alpha value is -2.78. The highest BCUT2D eigenvalue weighted by molar-refractivity contribution is 7.11. The van der Waals surface area contributed by atoms with Gasteiger partial charge in [-0.2, -0.15) is 0 Å². The standard InChI is InChI=1S/C23H24ClFN4O3S/c1-2-32-23(31)17-18(12-3-5-13(6-4-12)20(26)30)28-21(22-27-9-10-33-22)29-19(17)15-8-7-14(25)11-16(15)24/h7-13,19H,2-6H2,1H3,(H2,26,30)(H,28,29). The number of benzene rings is 1. The lowest BCUT2D eigenvalue weighted by Gasteiger charge is -2.34. The summed E-state index contributed by atoms with van der Waals surface area (Å²) in [6, 6.07) is 3.25. The van der Waals surface area contributed by atoms with Gasteiger partial charge in [-0.25, -0.2) is 14.2 Å². The third-order valence-corrected chi connectivity index (χ3v) is 7.11. The molecule has 1 atom stereocenters. The molecule has 7 nitrogen and oxygen atoms in total. The van der Waals surface area contributed by atoms with Crippen molar-refractivity contribution >= 4 is 40.6 Å². The topological polar surface area (TPSA) is 107 Å². The van der Waals surface area contributed by atoms with Crippen LogP contribution in [0.5, 0.6) is 0 Å². The van der Waals surface area contributed by atoms with Crippen molar-refractivity contribution in [3.8, 4) is 0 Å². The molecule has 2 heterocycles. The number of thiazole rings is 1. The van der Waals surface area contributed by atoms with E-state index in [1.165, 1.54) is 29.5 Å². The zero-order chi connectivity index (χ0) is 23.5. The molecule has 1 unspecified atom stereocenters. The number of carbonyl (C=O) groups is 2. The molecule has 0 saturated heterocycles. The number of primary amides is 1. The molecule has 2 aliphatic rings. The number of rotatable bonds is 6. The number of hydrogen-bond donors (Lipinski definition) is 2. The number of nitrogens with one attached hydrogen (secondary N) is 1. The number of nitrogens with zero attached hydrogens (tertiary/aromatic N) is 2. The van der Waals surface area contributed by atoms with Crippen molar-refractivity contribution in [2.24, 2.45) is 22.6 Å². The first-order valence-electron chi connectivity index (χ1n) is 10.8. The molecule has 0 radical (unpaired) electrons. The Labute approximate surface area is 199 Å². The van der Waals surface area contributed by atoms with E-state index in [0.717, 1.165) is 0 Å². The molecule has 2 aromatic rings. The number of amidine groups is 1. The van der Waals surface area contributed by atoms with E-state index in [-0.39, 0.29) is 29.4 Å². The smallest absolute Gasteiger partial charge is 0.338 e. The van der Waals surface area contributed by atoms with Gasteiger partial charge in [-0.15, -0.1) is 11.3 Å². The van der Waals surface area contributed by atoms with Crippen molar-refractivity contribution < 1.29 is 18.7 Å². The van der Waals surface area contributed by atoms with Gasteiger partial charge in [-0.1, -0.05) is 17.7 Å². The number of ether oxygens (including phenoxy) is 1. The normalized spacial score (nSPS) is 23.0. The van der Waals surface area contributed by atoms with E-state index in [1.54, 1.807) is 13.1 Å². The lowest BCUT2D eigenvalue weighted by molar-refractivity contribution is -0.139. The number of esters is 1. The van der Waals surface area contributed by atoms with Gasteiger partial charge < -0.3 is 15.8 Å². The molecule has 4 rings (SSSR count). The van der Waals surface area contributed by atoms with E-state index in [9.17, 15) is 14.0 Å². The summed E-state index contributed by atoms with van der Waals surface area (Å²) in [7, 11) is 0. The van der Waals surface area contributed by atoms with Crippen molar-refractivity contribution in [1.82, 2.24) is 10.3 Å². The van der Waals surface area contributed by atoms with Crippen LogP contribution in [0.25, 0.3) is 0 Å². The summed E-state index contributed by atoms with van der Waals surface area (Å²) in [6.07, 6.45) is 4.29. The molecular weight excluding hydrogens is 467 g/mol. The van der Waals surface area contributed by atoms with Crippen LogP contribution in [0.3, 0.4) is 0 Å². The van der Waals surface area contributed by atoms with E-state index in [0.29, 0.717) is 53.4 Å². The van der Waals surface area contributed by atoms with Gasteiger partial charge in [0.05, 0.1) is 12.2 Å². The van der Waals surface area contributed by atoms with Crippen molar-refractivity contribution in [1.29, 1.82) is 0 Å². The summed E-state index contributed by atoms with van der Waals surface area (Å²) in [5.41, 5.74) is 7.03. The fraction of sp³-hybridized carbons (Fsp3) is 0.391. The molecule has 3 N–H and O–H groups in total. The van der Waals surface area contributed by atoms with E-state index < -0.39 is 17.8 Å². The number of aliphatic imine (C=N–C) groups is 1. The van der Waals surface area contributed by atoms with Gasteiger partial charge >= 0.3 is 5.97 Å². The fourth-order valence-electron chi connectivity index (χ4n) is 4.38. The van der Waals surface area contributed by atoms with E-state index in [4.69, 9.17) is 27.1 Å². The molecule has 33 heavy (non-hydrogen) atoms. The number of hydrogen-bond acceptors (Lipinski definition) is 7. The van der Waals surface area contributed by atoms with Gasteiger partial charge in [-0.3, -0.25) is 9.79 Å². The largest absolute Gasteiger partial charge is 0.463 e. The molecule has 1 saturated carbocycles. The Bertz CT molecular complexity index is 1110. The highest BCUT2D eigenvalue weighted by atomic mass is 35.5. The molecule has 10 heteroatoms. The molecule has 174 valence electrons. The molecular formula is C23H24ClFN4O3S. The molecule has 0 spiro atoms. The maximum Gasteiger partial charge on any atom is 0.338 e. The minimum Gasteiger partial charge on any atom is -0.463 e. The van der Waals surface area contributed by atoms with E-state index in [2.05, 4.69) is 10.3 Å². The summed E-state index contributed by atoms with van der Waals surface area (Å²) in [6.45, 7) is 1.92. The minimum absolute atomic E-state index is 0.0350. The fourth-order valence-corrected chi connectivity index (χ4v) is 5.24. The van der Waals surface area contributed by atoms with Crippen LogP contribution < -0.4 is 11.1 Å².